The molecule has 1 saturated heterocycles. The molecule has 10 nitrogen and oxygen atoms in total. The molecule has 0 radical (unpaired) electrons. The van der Waals surface area contributed by atoms with E-state index >= 15 is 0 Å². The van der Waals surface area contributed by atoms with E-state index in [0.29, 0.717) is 12.8 Å². The van der Waals surface area contributed by atoms with Gasteiger partial charge in [-0.1, -0.05) is 183 Å². The number of aliphatic hydroxyl groups excluding tert-OH is 4. The molecule has 1 aliphatic rings. The summed E-state index contributed by atoms with van der Waals surface area (Å²) in [5.74, 6) is -0.845. The summed E-state index contributed by atoms with van der Waals surface area (Å²) < 4.78 is 22.2. The van der Waals surface area contributed by atoms with Crippen LogP contribution in [0.5, 0.6) is 0 Å². The first-order chi connectivity index (χ1) is 31.8. The number of esters is 2. The molecule has 1 fully saturated rings. The highest BCUT2D eigenvalue weighted by molar-refractivity contribution is 5.70. The van der Waals surface area contributed by atoms with Crippen molar-refractivity contribution < 1.29 is 49.0 Å². The minimum absolute atomic E-state index is 0.219. The first kappa shape index (κ1) is 60.2. The second-order valence-corrected chi connectivity index (χ2v) is 17.6. The van der Waals surface area contributed by atoms with E-state index in [1.165, 1.54) is 96.3 Å². The van der Waals surface area contributed by atoms with Crippen LogP contribution in [0, 0.1) is 0 Å². The summed E-state index contributed by atoms with van der Waals surface area (Å²) in [7, 11) is 0. The average Bonchev–Trinajstić information content (AvgIpc) is 3.30. The Hall–Kier alpha value is -2.86. The summed E-state index contributed by atoms with van der Waals surface area (Å²) in [4.78, 5) is 25.5. The molecule has 0 aromatic carbocycles. The molecule has 0 amide bonds. The molecular formula is C55H94O10. The molecule has 4 N–H and O–H groups in total. The van der Waals surface area contributed by atoms with Gasteiger partial charge in [0.1, 0.15) is 31.0 Å². The summed E-state index contributed by atoms with van der Waals surface area (Å²) >= 11 is 0. The van der Waals surface area contributed by atoms with E-state index in [0.717, 1.165) is 70.6 Å². The van der Waals surface area contributed by atoms with Gasteiger partial charge in [-0.15, -0.1) is 0 Å². The highest BCUT2D eigenvalue weighted by atomic mass is 16.7. The van der Waals surface area contributed by atoms with E-state index in [4.69, 9.17) is 18.9 Å². The molecule has 0 aromatic heterocycles. The van der Waals surface area contributed by atoms with Crippen LogP contribution in [0.3, 0.4) is 0 Å². The van der Waals surface area contributed by atoms with Crippen molar-refractivity contribution in [2.45, 2.75) is 243 Å². The smallest absolute Gasteiger partial charge is 0.306 e. The Labute approximate surface area is 395 Å². The number of aliphatic hydroxyl groups is 4. The Bertz CT molecular complexity index is 1290. The van der Waals surface area contributed by atoms with Gasteiger partial charge >= 0.3 is 11.9 Å². The van der Waals surface area contributed by atoms with E-state index in [9.17, 15) is 30.0 Å². The monoisotopic (exact) mass is 915 g/mol. The highest BCUT2D eigenvalue weighted by Gasteiger charge is 2.44. The summed E-state index contributed by atoms with van der Waals surface area (Å²) in [6.45, 7) is 3.28. The lowest BCUT2D eigenvalue weighted by atomic mass is 9.99. The Kier molecular flexibility index (Phi) is 41.6. The van der Waals surface area contributed by atoms with Crippen molar-refractivity contribution in [3.05, 3.63) is 72.9 Å². The third-order valence-electron chi connectivity index (χ3n) is 11.6. The second-order valence-electron chi connectivity index (χ2n) is 17.6. The maximum absolute atomic E-state index is 12.8. The van der Waals surface area contributed by atoms with Crippen LogP contribution in [0.2, 0.25) is 0 Å². The molecule has 0 aliphatic carbocycles. The molecule has 374 valence electrons. The van der Waals surface area contributed by atoms with Crippen LogP contribution < -0.4 is 0 Å². The van der Waals surface area contributed by atoms with Gasteiger partial charge in [0, 0.05) is 12.8 Å². The van der Waals surface area contributed by atoms with Gasteiger partial charge in [-0.3, -0.25) is 9.59 Å². The Morgan fingerprint density at radius 2 is 0.908 bits per heavy atom. The number of ether oxygens (including phenoxy) is 4. The first-order valence-corrected chi connectivity index (χ1v) is 26.0. The predicted octanol–water partition coefficient (Wildman–Crippen LogP) is 12.3. The fourth-order valence-electron chi connectivity index (χ4n) is 7.50. The summed E-state index contributed by atoms with van der Waals surface area (Å²) in [5, 5.41) is 40.2. The van der Waals surface area contributed by atoms with Gasteiger partial charge in [-0.2, -0.15) is 0 Å². The van der Waals surface area contributed by atoms with E-state index < -0.39 is 55.4 Å². The predicted molar refractivity (Wildman–Crippen MR) is 265 cm³/mol. The van der Waals surface area contributed by atoms with Crippen molar-refractivity contribution in [3.8, 4) is 0 Å². The van der Waals surface area contributed by atoms with Gasteiger partial charge < -0.3 is 39.4 Å². The summed E-state index contributed by atoms with van der Waals surface area (Å²) in [6.07, 6.45) is 50.5. The topological polar surface area (TPSA) is 152 Å². The molecule has 0 aromatic rings. The zero-order valence-electron chi connectivity index (χ0n) is 41.0. The van der Waals surface area contributed by atoms with Gasteiger partial charge in [0.15, 0.2) is 12.4 Å². The van der Waals surface area contributed by atoms with E-state index in [2.05, 4.69) is 86.8 Å². The Morgan fingerprint density at radius 1 is 0.492 bits per heavy atom. The minimum atomic E-state index is -1.60. The van der Waals surface area contributed by atoms with Crippen molar-refractivity contribution in [3.63, 3.8) is 0 Å². The lowest BCUT2D eigenvalue weighted by molar-refractivity contribution is -0.305. The molecule has 2 unspecified atom stereocenters. The van der Waals surface area contributed by atoms with Gasteiger partial charge in [-0.25, -0.2) is 0 Å². The zero-order valence-corrected chi connectivity index (χ0v) is 41.0. The van der Waals surface area contributed by atoms with Crippen LogP contribution in [0.4, 0.5) is 0 Å². The van der Waals surface area contributed by atoms with Crippen molar-refractivity contribution in [2.75, 3.05) is 19.8 Å². The maximum atomic E-state index is 12.8. The number of hydrogen-bond donors (Lipinski definition) is 4. The summed E-state index contributed by atoms with van der Waals surface area (Å²) in [5.41, 5.74) is 0. The lowest BCUT2D eigenvalue weighted by Crippen LogP contribution is -2.59. The molecule has 6 atom stereocenters. The van der Waals surface area contributed by atoms with Crippen LogP contribution in [0.1, 0.15) is 206 Å². The number of allylic oxidation sites excluding steroid dienone is 12. The van der Waals surface area contributed by atoms with Gasteiger partial charge in [0.2, 0.25) is 0 Å². The third kappa shape index (κ3) is 35.9. The first-order valence-electron chi connectivity index (χ1n) is 26.0. The van der Waals surface area contributed by atoms with Gasteiger partial charge in [0.25, 0.3) is 0 Å². The van der Waals surface area contributed by atoms with Crippen LogP contribution in [0.25, 0.3) is 0 Å². The second kappa shape index (κ2) is 44.9. The maximum Gasteiger partial charge on any atom is 0.306 e. The zero-order chi connectivity index (χ0) is 47.3. The van der Waals surface area contributed by atoms with Gasteiger partial charge in [0.05, 0.1) is 13.2 Å². The molecule has 1 aliphatic heterocycles. The molecule has 0 spiro atoms. The largest absolute Gasteiger partial charge is 0.462 e. The Morgan fingerprint density at radius 3 is 1.40 bits per heavy atom. The summed E-state index contributed by atoms with van der Waals surface area (Å²) in [6, 6.07) is 0. The SMILES string of the molecule is CC/C=C/C/C=C/C/C=C/C/C=C/C/C=C/CCCCCC(=O)OC[C@H](CO[C@@H]1O[C@H](CO)[C@H](O)C(O)C1O)OC(=O)CCCCCCCCCCCCC/C=C/CCCCCCCC. The molecule has 1 heterocycles. The molecule has 65 heavy (non-hydrogen) atoms. The van der Waals surface area contributed by atoms with Gasteiger partial charge in [-0.05, 0) is 83.5 Å². The molecule has 0 bridgehead atoms. The number of unbranched alkanes of at least 4 members (excludes halogenated alkanes) is 20. The fraction of sp³-hybridized carbons (Fsp3) is 0.745. The van der Waals surface area contributed by atoms with Crippen LogP contribution in [-0.2, 0) is 28.5 Å². The number of rotatable bonds is 43. The standard InChI is InChI=1S/C55H94O10/c1-3-5-7-9-11-13-15-17-19-21-23-24-26-28-30-32-34-36-38-40-42-44-51(58)64-48(47-63-55-54(61)53(60)52(59)49(45-56)65-55)46-62-50(57)43-41-39-37-35-33-31-29-27-25-22-20-18-16-14-12-10-8-6-4-2/h6,8,12,14,17-20,25,27,31,33,48-49,52-56,59-61H,3-5,7,9-11,13,15-16,21-24,26,28-30,32,34-47H2,1-2H3/b8-6+,14-12+,19-17+,20-18+,27-25+,33-31+/t48-,49-,52+,53?,54?,55-/m1/s1. The van der Waals surface area contributed by atoms with Crippen LogP contribution >= 0.6 is 0 Å². The average molecular weight is 915 g/mol. The highest BCUT2D eigenvalue weighted by Crippen LogP contribution is 2.23. The molecule has 10 heteroatoms. The quantitative estimate of drug-likeness (QED) is 0.0264. The van der Waals surface area contributed by atoms with E-state index in [1.807, 2.05) is 0 Å². The molecule has 0 saturated carbocycles. The Balaban J connectivity index is 2.29. The van der Waals surface area contributed by atoms with Crippen molar-refractivity contribution in [1.82, 2.24) is 0 Å². The van der Waals surface area contributed by atoms with E-state index in [1.54, 1.807) is 0 Å². The minimum Gasteiger partial charge on any atom is -0.462 e. The number of carbonyl (C=O) groups excluding carboxylic acids is 2. The van der Waals surface area contributed by atoms with Crippen LogP contribution in [0.15, 0.2) is 72.9 Å². The lowest BCUT2D eigenvalue weighted by Gasteiger charge is -2.39. The van der Waals surface area contributed by atoms with E-state index in [-0.39, 0.29) is 26.1 Å². The fourth-order valence-corrected chi connectivity index (χ4v) is 7.50. The van der Waals surface area contributed by atoms with Crippen molar-refractivity contribution in [1.29, 1.82) is 0 Å². The third-order valence-corrected chi connectivity index (χ3v) is 11.6. The number of hydrogen-bond acceptors (Lipinski definition) is 10. The molecular weight excluding hydrogens is 821 g/mol. The number of carbonyl (C=O) groups is 2. The molecule has 1 rings (SSSR count). The van der Waals surface area contributed by atoms with Crippen molar-refractivity contribution >= 4 is 11.9 Å². The van der Waals surface area contributed by atoms with Crippen LogP contribution in [-0.4, -0.2) is 89.0 Å². The normalized spacial score (nSPS) is 19.9. The van der Waals surface area contributed by atoms with Crippen molar-refractivity contribution in [2.24, 2.45) is 0 Å².